The molecule has 1 amide bonds. The highest BCUT2D eigenvalue weighted by molar-refractivity contribution is 9.10. The van der Waals surface area contributed by atoms with Crippen LogP contribution in [0.3, 0.4) is 0 Å². The first-order valence-electron chi connectivity index (χ1n) is 7.49. The van der Waals surface area contributed by atoms with Crippen LogP contribution in [0.25, 0.3) is 0 Å². The first-order chi connectivity index (χ1) is 10.6. The van der Waals surface area contributed by atoms with Gasteiger partial charge in [-0.25, -0.2) is 0 Å². The summed E-state index contributed by atoms with van der Waals surface area (Å²) in [5, 5.41) is 12.6. The number of nitrogens with one attached hydrogen (secondary N) is 1. The number of phenolic OH excluding ortho intramolecular Hbond substituents is 1. The zero-order valence-corrected chi connectivity index (χ0v) is 14.2. The molecule has 0 aliphatic heterocycles. The van der Waals surface area contributed by atoms with Crippen LogP contribution < -0.4 is 5.32 Å². The molecule has 0 radical (unpaired) electrons. The molecule has 4 heteroatoms. The number of halogens is 1. The molecule has 0 atom stereocenters. The Morgan fingerprint density at radius 3 is 2.55 bits per heavy atom. The first kappa shape index (κ1) is 16.6. The van der Waals surface area contributed by atoms with Gasteiger partial charge in [-0.1, -0.05) is 47.8 Å². The Labute approximate surface area is 139 Å². The van der Waals surface area contributed by atoms with Crippen molar-refractivity contribution in [3.63, 3.8) is 0 Å². The summed E-state index contributed by atoms with van der Waals surface area (Å²) < 4.78 is 0.752. The average Bonchev–Trinajstić information content (AvgIpc) is 2.51. The topological polar surface area (TPSA) is 49.3 Å². The predicted molar refractivity (Wildman–Crippen MR) is 93.4 cm³/mol. The van der Waals surface area contributed by atoms with Gasteiger partial charge in [0.15, 0.2) is 0 Å². The molecule has 0 fully saturated rings. The van der Waals surface area contributed by atoms with Crippen LogP contribution in [0.1, 0.15) is 42.1 Å². The number of phenols is 1. The average molecular weight is 362 g/mol. The molecular formula is C18H20BrNO2. The molecule has 0 aromatic heterocycles. The van der Waals surface area contributed by atoms with Crippen molar-refractivity contribution in [1.82, 2.24) is 0 Å². The third-order valence-electron chi connectivity index (χ3n) is 3.48. The SMILES string of the molecule is CCCCCc1ccc(NC(=O)c2cc(Br)ccc2O)cc1. The number of aryl methyl sites for hydroxylation is 1. The second kappa shape index (κ2) is 7.99. The number of carbonyl (C=O) groups is 1. The molecule has 0 bridgehead atoms. The molecule has 2 aromatic rings. The minimum Gasteiger partial charge on any atom is -0.507 e. The van der Waals surface area contributed by atoms with Gasteiger partial charge in [0.25, 0.3) is 5.91 Å². The quantitative estimate of drug-likeness (QED) is 0.699. The predicted octanol–water partition coefficient (Wildman–Crippen LogP) is 5.14. The zero-order chi connectivity index (χ0) is 15.9. The zero-order valence-electron chi connectivity index (χ0n) is 12.6. The number of aromatic hydroxyl groups is 1. The maximum absolute atomic E-state index is 12.2. The van der Waals surface area contributed by atoms with E-state index in [-0.39, 0.29) is 17.2 Å². The van der Waals surface area contributed by atoms with Gasteiger partial charge in [0.05, 0.1) is 5.56 Å². The van der Waals surface area contributed by atoms with Crippen LogP contribution >= 0.6 is 15.9 Å². The van der Waals surface area contributed by atoms with Crippen LogP contribution in [0.4, 0.5) is 5.69 Å². The lowest BCUT2D eigenvalue weighted by molar-refractivity contribution is 0.102. The van der Waals surface area contributed by atoms with E-state index in [2.05, 4.69) is 28.2 Å². The van der Waals surface area contributed by atoms with Gasteiger partial charge in [-0.3, -0.25) is 4.79 Å². The Morgan fingerprint density at radius 1 is 1.14 bits per heavy atom. The summed E-state index contributed by atoms with van der Waals surface area (Å²) in [6.07, 6.45) is 4.70. The van der Waals surface area contributed by atoms with Crippen LogP contribution in [0.5, 0.6) is 5.75 Å². The number of hydrogen-bond acceptors (Lipinski definition) is 2. The van der Waals surface area contributed by atoms with E-state index in [4.69, 9.17) is 0 Å². The minimum atomic E-state index is -0.322. The minimum absolute atomic E-state index is 0.0307. The van der Waals surface area contributed by atoms with Gasteiger partial charge in [0.2, 0.25) is 0 Å². The lowest BCUT2D eigenvalue weighted by Crippen LogP contribution is -2.12. The number of carbonyl (C=O) groups excluding carboxylic acids is 1. The normalized spacial score (nSPS) is 10.5. The fraction of sp³-hybridized carbons (Fsp3) is 0.278. The highest BCUT2D eigenvalue weighted by atomic mass is 79.9. The number of amides is 1. The summed E-state index contributed by atoms with van der Waals surface area (Å²) in [5.74, 6) is -0.352. The van der Waals surface area contributed by atoms with E-state index in [0.29, 0.717) is 0 Å². The van der Waals surface area contributed by atoms with Gasteiger partial charge < -0.3 is 10.4 Å². The van der Waals surface area contributed by atoms with E-state index in [1.807, 2.05) is 24.3 Å². The van der Waals surface area contributed by atoms with Crippen LogP contribution in [0, 0.1) is 0 Å². The van der Waals surface area contributed by atoms with Crippen LogP contribution in [-0.2, 0) is 6.42 Å². The van der Waals surface area contributed by atoms with E-state index in [1.165, 1.54) is 30.9 Å². The Morgan fingerprint density at radius 2 is 1.86 bits per heavy atom. The molecule has 0 aliphatic rings. The molecule has 0 saturated carbocycles. The van der Waals surface area contributed by atoms with Crippen molar-refractivity contribution in [3.8, 4) is 5.75 Å². The Hall–Kier alpha value is -1.81. The number of benzene rings is 2. The maximum atomic E-state index is 12.2. The molecule has 0 spiro atoms. The molecule has 116 valence electrons. The molecule has 2 aromatic carbocycles. The van der Waals surface area contributed by atoms with E-state index in [1.54, 1.807) is 12.1 Å². The second-order valence-corrected chi connectivity index (χ2v) is 6.19. The van der Waals surface area contributed by atoms with Crippen LogP contribution in [-0.4, -0.2) is 11.0 Å². The summed E-state index contributed by atoms with van der Waals surface area (Å²) in [6.45, 7) is 2.19. The molecular weight excluding hydrogens is 342 g/mol. The highest BCUT2D eigenvalue weighted by Gasteiger charge is 2.11. The smallest absolute Gasteiger partial charge is 0.259 e. The van der Waals surface area contributed by atoms with Crippen molar-refractivity contribution in [1.29, 1.82) is 0 Å². The van der Waals surface area contributed by atoms with Crippen molar-refractivity contribution in [2.75, 3.05) is 5.32 Å². The summed E-state index contributed by atoms with van der Waals surface area (Å²) >= 11 is 3.30. The second-order valence-electron chi connectivity index (χ2n) is 5.27. The summed E-state index contributed by atoms with van der Waals surface area (Å²) in [4.78, 5) is 12.2. The number of unbranched alkanes of at least 4 members (excludes halogenated alkanes) is 2. The lowest BCUT2D eigenvalue weighted by atomic mass is 10.1. The van der Waals surface area contributed by atoms with Crippen molar-refractivity contribution in [3.05, 3.63) is 58.1 Å². The van der Waals surface area contributed by atoms with Gasteiger partial charge in [-0.05, 0) is 48.7 Å². The molecule has 2 N–H and O–H groups in total. The van der Waals surface area contributed by atoms with Crippen molar-refractivity contribution < 1.29 is 9.90 Å². The molecule has 0 unspecified atom stereocenters. The maximum Gasteiger partial charge on any atom is 0.259 e. The van der Waals surface area contributed by atoms with Gasteiger partial charge in [0, 0.05) is 10.2 Å². The molecule has 2 rings (SSSR count). The van der Waals surface area contributed by atoms with Gasteiger partial charge in [-0.15, -0.1) is 0 Å². The van der Waals surface area contributed by atoms with Gasteiger partial charge >= 0.3 is 0 Å². The van der Waals surface area contributed by atoms with E-state index < -0.39 is 0 Å². The standard InChI is InChI=1S/C18H20BrNO2/c1-2-3-4-5-13-6-9-15(10-7-13)20-18(22)16-12-14(19)8-11-17(16)21/h6-12,21H,2-5H2,1H3,(H,20,22). The molecule has 0 aliphatic carbocycles. The summed E-state index contributed by atoms with van der Waals surface area (Å²) in [6, 6.07) is 12.7. The van der Waals surface area contributed by atoms with E-state index >= 15 is 0 Å². The summed E-state index contributed by atoms with van der Waals surface area (Å²) in [7, 11) is 0. The Bertz CT molecular complexity index is 638. The molecule has 0 saturated heterocycles. The van der Waals surface area contributed by atoms with Gasteiger partial charge in [0.1, 0.15) is 5.75 Å². The van der Waals surface area contributed by atoms with Crippen molar-refractivity contribution >= 4 is 27.5 Å². The van der Waals surface area contributed by atoms with Crippen molar-refractivity contribution in [2.24, 2.45) is 0 Å². The Balaban J connectivity index is 2.01. The largest absolute Gasteiger partial charge is 0.507 e. The van der Waals surface area contributed by atoms with E-state index in [0.717, 1.165) is 16.6 Å². The Kier molecular flexibility index (Phi) is 6.01. The first-order valence-corrected chi connectivity index (χ1v) is 8.28. The van der Waals surface area contributed by atoms with E-state index in [9.17, 15) is 9.90 Å². The fourth-order valence-corrected chi connectivity index (χ4v) is 2.58. The van der Waals surface area contributed by atoms with Crippen LogP contribution in [0.2, 0.25) is 0 Å². The number of hydrogen-bond donors (Lipinski definition) is 2. The third kappa shape index (κ3) is 4.60. The molecule has 22 heavy (non-hydrogen) atoms. The summed E-state index contributed by atoms with van der Waals surface area (Å²) in [5.41, 5.74) is 2.25. The lowest BCUT2D eigenvalue weighted by Gasteiger charge is -2.08. The van der Waals surface area contributed by atoms with Gasteiger partial charge in [-0.2, -0.15) is 0 Å². The number of anilines is 1. The molecule has 3 nitrogen and oxygen atoms in total. The van der Waals surface area contributed by atoms with Crippen molar-refractivity contribution in [2.45, 2.75) is 32.6 Å². The monoisotopic (exact) mass is 361 g/mol. The highest BCUT2D eigenvalue weighted by Crippen LogP contribution is 2.23. The number of rotatable bonds is 6. The van der Waals surface area contributed by atoms with Crippen LogP contribution in [0.15, 0.2) is 46.9 Å². The fourth-order valence-electron chi connectivity index (χ4n) is 2.22. The third-order valence-corrected chi connectivity index (χ3v) is 3.98. The molecule has 0 heterocycles.